The number of nitrogens with zero attached hydrogens (tertiary/aromatic N) is 1. The van der Waals surface area contributed by atoms with Crippen molar-refractivity contribution in [3.8, 4) is 0 Å². The zero-order valence-electron chi connectivity index (χ0n) is 45.4. The molecule has 0 heterocycles. The fraction of sp³-hybridized carbons (Fsp3) is 0.689. The van der Waals surface area contributed by atoms with Crippen LogP contribution in [0.5, 0.6) is 0 Å². The minimum atomic E-state index is -1.63. The van der Waals surface area contributed by atoms with Crippen molar-refractivity contribution >= 4 is 17.9 Å². The lowest BCUT2D eigenvalue weighted by atomic mass is 10.1. The van der Waals surface area contributed by atoms with Crippen LogP contribution in [0.3, 0.4) is 0 Å². The second-order valence-corrected chi connectivity index (χ2v) is 19.5. The molecule has 0 fully saturated rings. The highest BCUT2D eigenvalue weighted by molar-refractivity contribution is 5.70. The topological polar surface area (TPSA) is 111 Å². The van der Waals surface area contributed by atoms with E-state index in [0.717, 1.165) is 109 Å². The number of carbonyl (C=O) groups is 3. The van der Waals surface area contributed by atoms with Gasteiger partial charge in [0.15, 0.2) is 12.4 Å². The zero-order valence-corrected chi connectivity index (χ0v) is 45.4. The minimum Gasteiger partial charge on any atom is -0.545 e. The summed E-state index contributed by atoms with van der Waals surface area (Å²) >= 11 is 0. The van der Waals surface area contributed by atoms with Gasteiger partial charge in [0, 0.05) is 12.8 Å². The number of carbonyl (C=O) groups excluding carboxylic acids is 3. The summed E-state index contributed by atoms with van der Waals surface area (Å²) in [5.41, 5.74) is 0. The second kappa shape index (κ2) is 51.6. The molecule has 0 bridgehead atoms. The Balaban J connectivity index is 4.32. The Morgan fingerprint density at radius 1 is 0.443 bits per heavy atom. The molecule has 0 aliphatic heterocycles. The van der Waals surface area contributed by atoms with Gasteiger partial charge in [-0.2, -0.15) is 0 Å². The van der Waals surface area contributed by atoms with Crippen LogP contribution in [0.1, 0.15) is 213 Å². The van der Waals surface area contributed by atoms with E-state index < -0.39 is 24.3 Å². The van der Waals surface area contributed by atoms with E-state index in [1.165, 1.54) is 70.6 Å². The molecule has 0 aromatic carbocycles. The summed E-state index contributed by atoms with van der Waals surface area (Å²) in [6, 6.07) is 0. The van der Waals surface area contributed by atoms with Crippen LogP contribution in [-0.4, -0.2) is 82.3 Å². The molecule has 9 heteroatoms. The third kappa shape index (κ3) is 52.0. The summed E-state index contributed by atoms with van der Waals surface area (Å²) in [5.74, 6) is -2.32. The van der Waals surface area contributed by atoms with E-state index in [9.17, 15) is 19.5 Å². The molecule has 400 valence electrons. The lowest BCUT2D eigenvalue weighted by molar-refractivity contribution is -0.870. The van der Waals surface area contributed by atoms with Gasteiger partial charge in [0.25, 0.3) is 0 Å². The van der Waals surface area contributed by atoms with Crippen LogP contribution in [0.25, 0.3) is 0 Å². The largest absolute Gasteiger partial charge is 0.545 e. The molecule has 0 aliphatic carbocycles. The van der Waals surface area contributed by atoms with Crippen molar-refractivity contribution in [1.82, 2.24) is 0 Å². The van der Waals surface area contributed by atoms with E-state index in [4.69, 9.17) is 18.9 Å². The average Bonchev–Trinajstić information content (AvgIpc) is 3.33. The highest BCUT2D eigenvalue weighted by Gasteiger charge is 2.22. The average molecular weight is 978 g/mol. The molecule has 2 unspecified atom stereocenters. The molecule has 0 radical (unpaired) electrons. The van der Waals surface area contributed by atoms with E-state index >= 15 is 0 Å². The molecule has 0 saturated heterocycles. The Bertz CT molecular complexity index is 1470. The lowest BCUT2D eigenvalue weighted by Crippen LogP contribution is -2.44. The Kier molecular flexibility index (Phi) is 48.8. The Morgan fingerprint density at radius 3 is 1.23 bits per heavy atom. The van der Waals surface area contributed by atoms with Gasteiger partial charge in [-0.25, -0.2) is 0 Å². The van der Waals surface area contributed by atoms with Gasteiger partial charge in [0.1, 0.15) is 13.2 Å². The summed E-state index contributed by atoms with van der Waals surface area (Å²) < 4.78 is 22.6. The third-order valence-electron chi connectivity index (χ3n) is 11.6. The van der Waals surface area contributed by atoms with Crippen molar-refractivity contribution in [1.29, 1.82) is 0 Å². The monoisotopic (exact) mass is 978 g/mol. The van der Waals surface area contributed by atoms with E-state index in [1.54, 1.807) is 0 Å². The van der Waals surface area contributed by atoms with Gasteiger partial charge < -0.3 is 33.3 Å². The van der Waals surface area contributed by atoms with E-state index in [0.29, 0.717) is 17.4 Å². The predicted octanol–water partition coefficient (Wildman–Crippen LogP) is 14.8. The number of ether oxygens (including phenoxy) is 4. The SMILES string of the molecule is CC/C=C\C/C=C\C/C=C\C/C=C\C/C=C\C/C=C\C/C=C\CCCCCCCCCC(=O)OC(COC(=O)CCCCCCC/C=C\CCCCCCCCC)COC(OCC[N+](C)(C)C)C(=O)[O-]. The summed E-state index contributed by atoms with van der Waals surface area (Å²) in [7, 11) is 5.90. The van der Waals surface area contributed by atoms with Crippen LogP contribution in [-0.2, 0) is 33.3 Å². The number of quaternary nitrogens is 1. The number of hydrogen-bond donors (Lipinski definition) is 0. The van der Waals surface area contributed by atoms with Gasteiger partial charge in [0.2, 0.25) is 0 Å². The molecule has 0 spiro atoms. The predicted molar refractivity (Wildman–Crippen MR) is 292 cm³/mol. The summed E-state index contributed by atoms with van der Waals surface area (Å²) in [5, 5.41) is 11.8. The zero-order chi connectivity index (χ0) is 51.3. The second-order valence-electron chi connectivity index (χ2n) is 19.5. The summed E-state index contributed by atoms with van der Waals surface area (Å²) in [4.78, 5) is 37.2. The van der Waals surface area contributed by atoms with Crippen LogP contribution < -0.4 is 5.11 Å². The van der Waals surface area contributed by atoms with Crippen molar-refractivity contribution < 1.29 is 42.9 Å². The molecule has 0 saturated carbocycles. The van der Waals surface area contributed by atoms with E-state index in [2.05, 4.69) is 111 Å². The third-order valence-corrected chi connectivity index (χ3v) is 11.6. The molecular formula is C61H103NO8. The number of carboxylic acid groups (broad SMARTS) is 1. The number of likely N-dealkylation sites (N-methyl/N-ethyl adjacent to an activating group) is 1. The Hall–Kier alpha value is -3.79. The maximum absolute atomic E-state index is 12.8. The maximum atomic E-state index is 12.8. The fourth-order valence-corrected chi connectivity index (χ4v) is 7.27. The first-order valence-electron chi connectivity index (χ1n) is 27.9. The van der Waals surface area contributed by atoms with Gasteiger partial charge in [-0.15, -0.1) is 0 Å². The molecule has 0 aromatic rings. The number of unbranched alkanes of at least 4 members (excludes halogenated alkanes) is 19. The standard InChI is InChI=1S/C61H103NO8/c1-6-8-10-12-14-16-18-20-22-24-25-26-27-28-29-30-31-32-33-34-35-36-38-40-42-44-46-48-50-52-59(64)70-57(56-69-61(60(65)66)67-54-53-62(3,4)5)55-68-58(63)51-49-47-45-43-41-39-37-23-21-19-17-15-13-11-9-7-2/h8,10,14,16,20,22-23,25-26,28-29,31-32,34-35,37,57,61H,6-7,9,11-13,15,17-19,21,24,27,30,33,36,38-56H2,1-5H3/b10-8-,16-14-,22-20-,26-25-,29-28-,32-31-,35-34-,37-23-. The van der Waals surface area contributed by atoms with Gasteiger partial charge in [-0.3, -0.25) is 9.59 Å². The van der Waals surface area contributed by atoms with E-state index in [1.807, 2.05) is 21.1 Å². The highest BCUT2D eigenvalue weighted by Crippen LogP contribution is 2.14. The molecule has 2 atom stereocenters. The first-order chi connectivity index (χ1) is 34.1. The van der Waals surface area contributed by atoms with Gasteiger partial charge in [-0.1, -0.05) is 201 Å². The first kappa shape index (κ1) is 66.2. The number of carboxylic acids is 1. The molecule has 0 amide bonds. The normalized spacial score (nSPS) is 13.6. The smallest absolute Gasteiger partial charge is 0.306 e. The van der Waals surface area contributed by atoms with Crippen molar-refractivity contribution in [3.63, 3.8) is 0 Å². The quantitative estimate of drug-likeness (QED) is 0.0195. The molecular weight excluding hydrogens is 875 g/mol. The van der Waals surface area contributed by atoms with Gasteiger partial charge in [0.05, 0.1) is 40.3 Å². The van der Waals surface area contributed by atoms with Crippen molar-refractivity contribution in [3.05, 3.63) is 97.2 Å². The van der Waals surface area contributed by atoms with Crippen LogP contribution in [0, 0.1) is 0 Å². The lowest BCUT2D eigenvalue weighted by Gasteiger charge is -2.26. The maximum Gasteiger partial charge on any atom is 0.306 e. The van der Waals surface area contributed by atoms with Gasteiger partial charge >= 0.3 is 11.9 Å². The van der Waals surface area contributed by atoms with Crippen molar-refractivity contribution in [2.45, 2.75) is 225 Å². The van der Waals surface area contributed by atoms with Crippen LogP contribution >= 0.6 is 0 Å². The minimum absolute atomic E-state index is 0.139. The molecule has 0 N–H and O–H groups in total. The number of hydrogen-bond acceptors (Lipinski definition) is 8. The molecule has 9 nitrogen and oxygen atoms in total. The van der Waals surface area contributed by atoms with Crippen LogP contribution in [0.15, 0.2) is 97.2 Å². The highest BCUT2D eigenvalue weighted by atomic mass is 16.7. The Morgan fingerprint density at radius 2 is 0.814 bits per heavy atom. The van der Waals surface area contributed by atoms with Gasteiger partial charge in [-0.05, 0) is 96.3 Å². The van der Waals surface area contributed by atoms with Crippen LogP contribution in [0.4, 0.5) is 0 Å². The number of esters is 2. The van der Waals surface area contributed by atoms with E-state index in [-0.39, 0.29) is 38.6 Å². The summed E-state index contributed by atoms with van der Waals surface area (Å²) in [6.45, 7) is 4.60. The molecule has 0 aliphatic rings. The first-order valence-corrected chi connectivity index (χ1v) is 27.9. The molecule has 0 aromatic heterocycles. The molecule has 70 heavy (non-hydrogen) atoms. The fourth-order valence-electron chi connectivity index (χ4n) is 7.27. The van der Waals surface area contributed by atoms with Crippen molar-refractivity contribution in [2.24, 2.45) is 0 Å². The Labute approximate surface area is 429 Å². The van der Waals surface area contributed by atoms with Crippen molar-refractivity contribution in [2.75, 3.05) is 47.5 Å². The molecule has 0 rings (SSSR count). The number of aliphatic carboxylic acids is 1. The number of allylic oxidation sites excluding steroid dienone is 16. The summed E-state index contributed by atoms with van der Waals surface area (Å²) in [6.07, 6.45) is 65.9. The van der Waals surface area contributed by atoms with Crippen LogP contribution in [0.2, 0.25) is 0 Å². The number of rotatable bonds is 50.